The van der Waals surface area contributed by atoms with Gasteiger partial charge < -0.3 is 17.3 Å². The van der Waals surface area contributed by atoms with E-state index in [4.69, 9.17) is 6.42 Å². The van der Waals surface area contributed by atoms with E-state index in [0.717, 1.165) is 17.6 Å². The van der Waals surface area contributed by atoms with Crippen LogP contribution in [-0.2, 0) is 6.54 Å². The van der Waals surface area contributed by atoms with E-state index in [0.29, 0.717) is 0 Å². The molecule has 1 aromatic rings. The molecule has 1 nitrogen and oxygen atoms in total. The molecular formula is C11H13BrClN. The number of halogens is 2. The highest BCUT2D eigenvalue weighted by Gasteiger charge is 2.04. The maximum atomic E-state index is 5.24. The standard InChI is InChI=1S/C11H12BrN.ClH/c1-3-8-13(2)9-10-6-4-5-7-11(10)12;/h1,4-7H,8-9H2,2H3;1H. The van der Waals surface area contributed by atoms with E-state index < -0.39 is 0 Å². The van der Waals surface area contributed by atoms with E-state index in [1.807, 2.05) is 12.1 Å². The molecule has 1 rings (SSSR count). The fraction of sp³-hybridized carbons (Fsp3) is 0.273. The molecule has 0 aliphatic carbocycles. The van der Waals surface area contributed by atoms with Crippen LogP contribution in [0.1, 0.15) is 5.56 Å². The summed E-state index contributed by atoms with van der Waals surface area (Å²) < 4.78 is 1.16. The van der Waals surface area contributed by atoms with E-state index in [-0.39, 0.29) is 12.4 Å². The Balaban J connectivity index is 0.00000169. The van der Waals surface area contributed by atoms with E-state index >= 15 is 0 Å². The molecule has 0 amide bonds. The minimum atomic E-state index is 0. The van der Waals surface area contributed by atoms with Crippen LogP contribution in [0.5, 0.6) is 0 Å². The molecule has 14 heavy (non-hydrogen) atoms. The number of hydrogen-bond acceptors (Lipinski definition) is 0. The zero-order valence-electron chi connectivity index (χ0n) is 8.06. The van der Waals surface area contributed by atoms with Crippen LogP contribution in [0.4, 0.5) is 0 Å². The molecule has 1 aromatic carbocycles. The Hall–Kier alpha value is -0.490. The molecular weight excluding hydrogens is 261 g/mol. The van der Waals surface area contributed by atoms with Crippen molar-refractivity contribution in [3.8, 4) is 12.3 Å². The fourth-order valence-electron chi connectivity index (χ4n) is 1.20. The first-order valence-electron chi connectivity index (χ1n) is 4.22. The van der Waals surface area contributed by atoms with Gasteiger partial charge in [-0.3, -0.25) is 0 Å². The number of rotatable bonds is 3. The lowest BCUT2D eigenvalue weighted by atomic mass is 10.2. The number of benzene rings is 1. The molecule has 0 bridgehead atoms. The van der Waals surface area contributed by atoms with Gasteiger partial charge in [-0.15, -0.1) is 6.42 Å². The maximum Gasteiger partial charge on any atom is 0.139 e. The van der Waals surface area contributed by atoms with Gasteiger partial charge in [0.2, 0.25) is 0 Å². The lowest BCUT2D eigenvalue weighted by Crippen LogP contribution is -3.07. The Morgan fingerprint density at radius 3 is 2.64 bits per heavy atom. The van der Waals surface area contributed by atoms with Gasteiger partial charge in [0.05, 0.1) is 7.05 Å². The summed E-state index contributed by atoms with van der Waals surface area (Å²) >= 11 is 3.51. The highest BCUT2D eigenvalue weighted by Crippen LogP contribution is 2.14. The summed E-state index contributed by atoms with van der Waals surface area (Å²) in [7, 11) is 2.10. The molecule has 0 fully saturated rings. The molecule has 0 aromatic heterocycles. The van der Waals surface area contributed by atoms with Crippen molar-refractivity contribution in [2.24, 2.45) is 0 Å². The third-order valence-electron chi connectivity index (χ3n) is 1.85. The van der Waals surface area contributed by atoms with Gasteiger partial charge in [0.15, 0.2) is 0 Å². The lowest BCUT2D eigenvalue weighted by molar-refractivity contribution is -0.886. The van der Waals surface area contributed by atoms with Crippen LogP contribution in [0, 0.1) is 12.3 Å². The van der Waals surface area contributed by atoms with Crippen molar-refractivity contribution >= 4 is 15.9 Å². The minimum absolute atomic E-state index is 0. The fourth-order valence-corrected chi connectivity index (χ4v) is 1.63. The van der Waals surface area contributed by atoms with Crippen molar-refractivity contribution < 1.29 is 17.3 Å². The predicted octanol–water partition coefficient (Wildman–Crippen LogP) is -1.90. The number of nitrogens with one attached hydrogen (secondary N) is 1. The monoisotopic (exact) mass is 273 g/mol. The Morgan fingerprint density at radius 1 is 1.43 bits per heavy atom. The summed E-state index contributed by atoms with van der Waals surface area (Å²) in [5.41, 5.74) is 1.30. The van der Waals surface area contributed by atoms with Crippen LogP contribution in [0.15, 0.2) is 28.7 Å². The third-order valence-corrected chi connectivity index (χ3v) is 2.63. The quantitative estimate of drug-likeness (QED) is 0.615. The third kappa shape index (κ3) is 4.15. The molecule has 0 saturated carbocycles. The van der Waals surface area contributed by atoms with E-state index in [2.05, 4.69) is 41.0 Å². The van der Waals surface area contributed by atoms with Crippen LogP contribution < -0.4 is 17.3 Å². The molecule has 0 saturated heterocycles. The number of quaternary nitrogens is 1. The van der Waals surface area contributed by atoms with Gasteiger partial charge in [-0.25, -0.2) is 0 Å². The predicted molar refractivity (Wildman–Crippen MR) is 58.4 cm³/mol. The molecule has 0 radical (unpaired) electrons. The summed E-state index contributed by atoms with van der Waals surface area (Å²) in [6.45, 7) is 1.73. The Labute approximate surface area is 100 Å². The summed E-state index contributed by atoms with van der Waals surface area (Å²) in [5, 5.41) is 0. The van der Waals surface area contributed by atoms with Gasteiger partial charge in [-0.05, 0) is 12.0 Å². The molecule has 0 aliphatic heterocycles. The molecule has 3 heteroatoms. The molecule has 0 aliphatic rings. The topological polar surface area (TPSA) is 4.44 Å². The normalized spacial score (nSPS) is 11.2. The van der Waals surface area contributed by atoms with Crippen LogP contribution in [0.3, 0.4) is 0 Å². The lowest BCUT2D eigenvalue weighted by Gasteiger charge is -2.11. The zero-order valence-corrected chi connectivity index (χ0v) is 10.4. The van der Waals surface area contributed by atoms with Crippen LogP contribution in [-0.4, -0.2) is 13.6 Å². The van der Waals surface area contributed by atoms with Gasteiger partial charge in [0.25, 0.3) is 0 Å². The second kappa shape index (κ2) is 6.89. The van der Waals surface area contributed by atoms with Crippen molar-refractivity contribution in [2.45, 2.75) is 6.54 Å². The average molecular weight is 275 g/mol. The summed E-state index contributed by atoms with van der Waals surface area (Å²) in [4.78, 5) is 1.33. The van der Waals surface area contributed by atoms with Gasteiger partial charge in [-0.1, -0.05) is 34.1 Å². The van der Waals surface area contributed by atoms with Gasteiger partial charge >= 0.3 is 0 Å². The summed E-state index contributed by atoms with van der Waals surface area (Å²) in [6, 6.07) is 8.23. The van der Waals surface area contributed by atoms with Crippen molar-refractivity contribution in [1.82, 2.24) is 0 Å². The second-order valence-corrected chi connectivity index (χ2v) is 3.96. The molecule has 0 heterocycles. The van der Waals surface area contributed by atoms with Crippen LogP contribution >= 0.6 is 15.9 Å². The smallest absolute Gasteiger partial charge is 0.139 e. The van der Waals surface area contributed by atoms with Crippen LogP contribution in [0.25, 0.3) is 0 Å². The largest absolute Gasteiger partial charge is 1.00 e. The van der Waals surface area contributed by atoms with E-state index in [1.165, 1.54) is 10.5 Å². The van der Waals surface area contributed by atoms with Crippen molar-refractivity contribution in [3.63, 3.8) is 0 Å². The minimum Gasteiger partial charge on any atom is -1.00 e. The van der Waals surface area contributed by atoms with Crippen LogP contribution in [0.2, 0.25) is 0 Å². The Kier molecular flexibility index (Phi) is 6.65. The van der Waals surface area contributed by atoms with Gasteiger partial charge in [0, 0.05) is 10.0 Å². The number of hydrogen-bond donors (Lipinski definition) is 1. The van der Waals surface area contributed by atoms with Crippen molar-refractivity contribution in [2.75, 3.05) is 13.6 Å². The first-order chi connectivity index (χ1) is 6.24. The SMILES string of the molecule is C#CC[NH+](C)Cc1ccccc1Br.[Cl-]. The van der Waals surface area contributed by atoms with Gasteiger partial charge in [0.1, 0.15) is 13.1 Å². The second-order valence-electron chi connectivity index (χ2n) is 3.11. The highest BCUT2D eigenvalue weighted by molar-refractivity contribution is 9.10. The first kappa shape index (κ1) is 13.5. The Morgan fingerprint density at radius 2 is 2.07 bits per heavy atom. The summed E-state index contributed by atoms with van der Waals surface area (Å²) in [6.07, 6.45) is 5.24. The van der Waals surface area contributed by atoms with E-state index in [1.54, 1.807) is 0 Å². The first-order valence-corrected chi connectivity index (χ1v) is 5.01. The zero-order chi connectivity index (χ0) is 9.68. The van der Waals surface area contributed by atoms with E-state index in [9.17, 15) is 0 Å². The molecule has 1 N–H and O–H groups in total. The average Bonchev–Trinajstić information content (AvgIpc) is 2.09. The van der Waals surface area contributed by atoms with Crippen molar-refractivity contribution in [3.05, 3.63) is 34.3 Å². The number of terminal acetylenes is 1. The molecule has 1 unspecified atom stereocenters. The summed E-state index contributed by atoms with van der Waals surface area (Å²) in [5.74, 6) is 2.65. The van der Waals surface area contributed by atoms with Crippen molar-refractivity contribution in [1.29, 1.82) is 0 Å². The molecule has 76 valence electrons. The van der Waals surface area contributed by atoms with Gasteiger partial charge in [-0.2, -0.15) is 0 Å². The molecule has 1 atom stereocenters. The maximum absolute atomic E-state index is 5.24. The molecule has 0 spiro atoms. The Bertz CT molecular complexity index is 319. The highest BCUT2D eigenvalue weighted by atomic mass is 79.9.